The lowest BCUT2D eigenvalue weighted by Gasteiger charge is -2.07. The average molecular weight is 273 g/mol. The predicted molar refractivity (Wildman–Crippen MR) is 73.4 cm³/mol. The first-order valence-corrected chi connectivity index (χ1v) is 6.18. The van der Waals surface area contributed by atoms with Gasteiger partial charge in [0.2, 0.25) is 0 Å². The molecule has 5 heteroatoms. The summed E-state index contributed by atoms with van der Waals surface area (Å²) in [5.74, 6) is -0.962. The number of benzene rings is 1. The number of amides is 1. The predicted octanol–water partition coefficient (Wildman–Crippen LogP) is 2.46. The van der Waals surface area contributed by atoms with Crippen LogP contribution in [0, 0.1) is 6.92 Å². The van der Waals surface area contributed by atoms with Crippen LogP contribution in [-0.4, -0.2) is 23.0 Å². The second-order valence-electron chi connectivity index (χ2n) is 4.51. The van der Waals surface area contributed by atoms with E-state index in [0.29, 0.717) is 5.76 Å². The van der Waals surface area contributed by atoms with Crippen molar-refractivity contribution in [1.29, 1.82) is 0 Å². The van der Waals surface area contributed by atoms with Gasteiger partial charge in [0.05, 0.1) is 0 Å². The number of carboxylic acids is 1. The first-order valence-electron chi connectivity index (χ1n) is 6.18. The number of carbonyl (C=O) groups excluding carboxylic acids is 1. The second-order valence-corrected chi connectivity index (χ2v) is 4.51. The van der Waals surface area contributed by atoms with Gasteiger partial charge in [-0.2, -0.15) is 0 Å². The van der Waals surface area contributed by atoms with Crippen LogP contribution in [0.1, 0.15) is 23.0 Å². The van der Waals surface area contributed by atoms with Crippen LogP contribution in [0.15, 0.2) is 40.8 Å². The highest BCUT2D eigenvalue weighted by Crippen LogP contribution is 2.25. The van der Waals surface area contributed by atoms with Gasteiger partial charge in [0.25, 0.3) is 5.91 Å². The summed E-state index contributed by atoms with van der Waals surface area (Å²) in [6, 6.07) is 9.92. The zero-order chi connectivity index (χ0) is 14.7. The molecular formula is C15H15NO4. The zero-order valence-electron chi connectivity index (χ0n) is 11.2. The van der Waals surface area contributed by atoms with Crippen molar-refractivity contribution in [2.24, 2.45) is 0 Å². The van der Waals surface area contributed by atoms with Gasteiger partial charge in [-0.25, -0.2) is 0 Å². The van der Waals surface area contributed by atoms with Crippen LogP contribution in [0.4, 0.5) is 0 Å². The van der Waals surface area contributed by atoms with E-state index in [9.17, 15) is 9.59 Å². The Morgan fingerprint density at radius 1 is 1.20 bits per heavy atom. The number of carboxylic acid groups (broad SMARTS) is 1. The molecule has 1 aromatic carbocycles. The van der Waals surface area contributed by atoms with E-state index in [-0.39, 0.29) is 5.76 Å². The minimum atomic E-state index is -1.09. The van der Waals surface area contributed by atoms with Crippen molar-refractivity contribution in [2.45, 2.75) is 19.9 Å². The summed E-state index contributed by atoms with van der Waals surface area (Å²) >= 11 is 0. The maximum atomic E-state index is 11.8. The molecular weight excluding hydrogens is 258 g/mol. The molecule has 2 N–H and O–H groups in total. The van der Waals surface area contributed by atoms with Crippen LogP contribution in [0.2, 0.25) is 0 Å². The van der Waals surface area contributed by atoms with E-state index in [0.717, 1.165) is 11.1 Å². The highest BCUT2D eigenvalue weighted by atomic mass is 16.4. The van der Waals surface area contributed by atoms with Gasteiger partial charge in [-0.1, -0.05) is 24.3 Å². The first-order chi connectivity index (χ1) is 9.49. The van der Waals surface area contributed by atoms with Gasteiger partial charge in [0.1, 0.15) is 11.8 Å². The number of aliphatic carboxylic acids is 1. The molecule has 5 nitrogen and oxygen atoms in total. The van der Waals surface area contributed by atoms with Crippen LogP contribution in [0.25, 0.3) is 11.3 Å². The van der Waals surface area contributed by atoms with Crippen molar-refractivity contribution < 1.29 is 19.1 Å². The monoisotopic (exact) mass is 273 g/mol. The quantitative estimate of drug-likeness (QED) is 0.896. The summed E-state index contributed by atoms with van der Waals surface area (Å²) in [7, 11) is 0. The van der Waals surface area contributed by atoms with Crippen molar-refractivity contribution >= 4 is 11.9 Å². The van der Waals surface area contributed by atoms with Crippen molar-refractivity contribution in [2.75, 3.05) is 0 Å². The van der Waals surface area contributed by atoms with Crippen molar-refractivity contribution in [3.05, 3.63) is 47.7 Å². The van der Waals surface area contributed by atoms with Crippen molar-refractivity contribution in [1.82, 2.24) is 5.32 Å². The molecule has 1 unspecified atom stereocenters. The fraction of sp³-hybridized carbons (Fsp3) is 0.200. The number of nitrogens with one attached hydrogen (secondary N) is 1. The molecule has 2 aromatic rings. The molecule has 1 aromatic heterocycles. The number of aryl methyl sites for hydroxylation is 1. The number of carbonyl (C=O) groups is 2. The van der Waals surface area contributed by atoms with Crippen LogP contribution in [0.5, 0.6) is 0 Å². The van der Waals surface area contributed by atoms with E-state index in [4.69, 9.17) is 9.52 Å². The molecule has 1 heterocycles. The van der Waals surface area contributed by atoms with Gasteiger partial charge < -0.3 is 14.8 Å². The Balaban J connectivity index is 2.19. The lowest BCUT2D eigenvalue weighted by atomic mass is 10.1. The van der Waals surface area contributed by atoms with Gasteiger partial charge in [0, 0.05) is 5.56 Å². The van der Waals surface area contributed by atoms with E-state index in [2.05, 4.69) is 5.32 Å². The lowest BCUT2D eigenvalue weighted by Crippen LogP contribution is -2.38. The topological polar surface area (TPSA) is 79.5 Å². The molecule has 0 fully saturated rings. The number of rotatable bonds is 4. The van der Waals surface area contributed by atoms with E-state index in [1.165, 1.54) is 13.0 Å². The largest absolute Gasteiger partial charge is 0.480 e. The first kappa shape index (κ1) is 13.9. The summed E-state index contributed by atoms with van der Waals surface area (Å²) in [6.07, 6.45) is 0. The third-order valence-corrected chi connectivity index (χ3v) is 2.96. The summed E-state index contributed by atoms with van der Waals surface area (Å²) < 4.78 is 5.49. The van der Waals surface area contributed by atoms with Gasteiger partial charge in [-0.15, -0.1) is 0 Å². The van der Waals surface area contributed by atoms with Gasteiger partial charge in [0.15, 0.2) is 5.76 Å². The van der Waals surface area contributed by atoms with E-state index >= 15 is 0 Å². The molecule has 0 aliphatic rings. The summed E-state index contributed by atoms with van der Waals surface area (Å²) in [5.41, 5.74) is 1.94. The van der Waals surface area contributed by atoms with Gasteiger partial charge in [-0.3, -0.25) is 9.59 Å². The Labute approximate surface area is 116 Å². The van der Waals surface area contributed by atoms with Gasteiger partial charge in [-0.05, 0) is 31.5 Å². The minimum absolute atomic E-state index is 0.0938. The molecule has 0 radical (unpaired) electrons. The lowest BCUT2D eigenvalue weighted by molar-refractivity contribution is -0.138. The Bertz CT molecular complexity index is 645. The second kappa shape index (κ2) is 5.61. The van der Waals surface area contributed by atoms with Crippen molar-refractivity contribution in [3.63, 3.8) is 0 Å². The fourth-order valence-electron chi connectivity index (χ4n) is 1.78. The molecule has 1 amide bonds. The Kier molecular flexibility index (Phi) is 3.89. The Morgan fingerprint density at radius 3 is 2.55 bits per heavy atom. The SMILES string of the molecule is Cc1ccccc1-c1ccc(C(=O)NC(C)C(=O)O)o1. The number of hydrogen-bond acceptors (Lipinski definition) is 3. The standard InChI is InChI=1S/C15H15NO4/c1-9-5-3-4-6-11(9)12-7-8-13(20-12)14(17)16-10(2)15(18)19/h3-8,10H,1-2H3,(H,16,17)(H,18,19). The number of hydrogen-bond donors (Lipinski definition) is 2. The van der Waals surface area contributed by atoms with Crippen LogP contribution >= 0.6 is 0 Å². The zero-order valence-corrected chi connectivity index (χ0v) is 11.2. The molecule has 1 atom stereocenters. The summed E-state index contributed by atoms with van der Waals surface area (Å²) in [4.78, 5) is 22.5. The molecule has 0 aliphatic carbocycles. The maximum absolute atomic E-state index is 11.8. The maximum Gasteiger partial charge on any atom is 0.325 e. The third-order valence-electron chi connectivity index (χ3n) is 2.96. The Morgan fingerprint density at radius 2 is 1.90 bits per heavy atom. The van der Waals surface area contributed by atoms with E-state index < -0.39 is 17.9 Å². The van der Waals surface area contributed by atoms with Crippen LogP contribution in [-0.2, 0) is 4.79 Å². The highest BCUT2D eigenvalue weighted by Gasteiger charge is 2.18. The smallest absolute Gasteiger partial charge is 0.325 e. The van der Waals surface area contributed by atoms with Gasteiger partial charge >= 0.3 is 5.97 Å². The minimum Gasteiger partial charge on any atom is -0.480 e. The number of furan rings is 1. The third kappa shape index (κ3) is 2.88. The normalized spacial score (nSPS) is 11.9. The van der Waals surface area contributed by atoms with Crippen molar-refractivity contribution in [3.8, 4) is 11.3 Å². The molecule has 2 rings (SSSR count). The Hall–Kier alpha value is -2.56. The molecule has 104 valence electrons. The van der Waals surface area contributed by atoms with E-state index in [1.54, 1.807) is 6.07 Å². The molecule has 0 bridgehead atoms. The molecule has 0 spiro atoms. The molecule has 20 heavy (non-hydrogen) atoms. The molecule has 0 aliphatic heterocycles. The fourth-order valence-corrected chi connectivity index (χ4v) is 1.78. The van der Waals surface area contributed by atoms with Crippen LogP contribution in [0.3, 0.4) is 0 Å². The summed E-state index contributed by atoms with van der Waals surface area (Å²) in [5, 5.41) is 11.1. The average Bonchev–Trinajstić information content (AvgIpc) is 2.88. The van der Waals surface area contributed by atoms with Crippen LogP contribution < -0.4 is 5.32 Å². The highest BCUT2D eigenvalue weighted by molar-refractivity contribution is 5.94. The van der Waals surface area contributed by atoms with E-state index in [1.807, 2.05) is 31.2 Å². The molecule has 0 saturated heterocycles. The summed E-state index contributed by atoms with van der Waals surface area (Å²) in [6.45, 7) is 3.34. The molecule has 0 saturated carbocycles.